The average molecular weight is 235 g/mol. The second kappa shape index (κ2) is 4.01. The molecular formula is C11H7ClN2S. The Morgan fingerprint density at radius 3 is 2.93 bits per heavy atom. The molecule has 0 unspecified atom stereocenters. The van der Waals surface area contributed by atoms with E-state index in [-0.39, 0.29) is 0 Å². The molecule has 0 aliphatic carbocycles. The van der Waals surface area contributed by atoms with Crippen molar-refractivity contribution >= 4 is 23.1 Å². The second-order valence-electron chi connectivity index (χ2n) is 3.16. The maximum Gasteiger partial charge on any atom is 0.161 e. The first-order chi connectivity index (χ1) is 7.22. The zero-order chi connectivity index (χ0) is 10.8. The zero-order valence-corrected chi connectivity index (χ0v) is 9.56. The highest BCUT2D eigenvalue weighted by Gasteiger charge is 2.13. The number of rotatable bonds is 1. The van der Waals surface area contributed by atoms with Gasteiger partial charge in [0.2, 0.25) is 0 Å². The van der Waals surface area contributed by atoms with Crippen molar-refractivity contribution in [2.24, 2.45) is 0 Å². The van der Waals surface area contributed by atoms with Crippen LogP contribution in [0, 0.1) is 18.3 Å². The number of halogens is 1. The Morgan fingerprint density at radius 2 is 2.27 bits per heavy atom. The fourth-order valence-electron chi connectivity index (χ4n) is 1.35. The van der Waals surface area contributed by atoms with Crippen LogP contribution in [0.3, 0.4) is 0 Å². The molecule has 2 aromatic rings. The maximum atomic E-state index is 8.95. The molecule has 0 radical (unpaired) electrons. The molecule has 1 aromatic carbocycles. The van der Waals surface area contributed by atoms with Crippen LogP contribution in [-0.2, 0) is 0 Å². The summed E-state index contributed by atoms with van der Waals surface area (Å²) in [5, 5.41) is 9.24. The number of aryl methyl sites for hydroxylation is 1. The molecule has 0 saturated heterocycles. The van der Waals surface area contributed by atoms with Gasteiger partial charge < -0.3 is 0 Å². The average Bonchev–Trinajstić information content (AvgIpc) is 2.59. The first-order valence-corrected chi connectivity index (χ1v) is 5.50. The molecule has 0 amide bonds. The minimum absolute atomic E-state index is 0.291. The van der Waals surface area contributed by atoms with E-state index in [1.165, 1.54) is 11.5 Å². The Morgan fingerprint density at radius 1 is 1.47 bits per heavy atom. The Hall–Kier alpha value is -1.37. The SMILES string of the molecule is Cc1cccc(-c2snc(Cl)c2C#N)c1. The lowest BCUT2D eigenvalue weighted by Crippen LogP contribution is -1.79. The van der Waals surface area contributed by atoms with Gasteiger partial charge in [0.25, 0.3) is 0 Å². The molecule has 0 fully saturated rings. The summed E-state index contributed by atoms with van der Waals surface area (Å²) in [4.78, 5) is 0.839. The third-order valence-corrected chi connectivity index (χ3v) is 3.31. The van der Waals surface area contributed by atoms with Crippen molar-refractivity contribution in [3.63, 3.8) is 0 Å². The molecule has 2 rings (SSSR count). The van der Waals surface area contributed by atoms with Crippen LogP contribution in [0.4, 0.5) is 0 Å². The molecule has 15 heavy (non-hydrogen) atoms. The van der Waals surface area contributed by atoms with E-state index in [0.29, 0.717) is 10.7 Å². The number of nitrogens with zero attached hydrogens (tertiary/aromatic N) is 2. The summed E-state index contributed by atoms with van der Waals surface area (Å²) >= 11 is 7.07. The van der Waals surface area contributed by atoms with Crippen molar-refractivity contribution in [1.29, 1.82) is 5.26 Å². The fraction of sp³-hybridized carbons (Fsp3) is 0.0909. The minimum Gasteiger partial charge on any atom is -0.192 e. The van der Waals surface area contributed by atoms with Crippen LogP contribution in [0.2, 0.25) is 5.15 Å². The van der Waals surface area contributed by atoms with Gasteiger partial charge in [-0.15, -0.1) is 0 Å². The quantitative estimate of drug-likeness (QED) is 0.755. The molecule has 0 spiro atoms. The van der Waals surface area contributed by atoms with Gasteiger partial charge in [0, 0.05) is 0 Å². The first kappa shape index (κ1) is 10.2. The monoisotopic (exact) mass is 234 g/mol. The first-order valence-electron chi connectivity index (χ1n) is 4.34. The highest BCUT2D eigenvalue weighted by molar-refractivity contribution is 7.10. The molecular weight excluding hydrogens is 228 g/mol. The Balaban J connectivity index is 2.60. The standard InChI is InChI=1S/C11H7ClN2S/c1-7-3-2-4-8(5-7)10-9(6-13)11(12)14-15-10/h2-5H,1H3. The van der Waals surface area contributed by atoms with E-state index in [2.05, 4.69) is 10.4 Å². The highest BCUT2D eigenvalue weighted by atomic mass is 35.5. The Labute approximate surface area is 96.9 Å². The maximum absolute atomic E-state index is 8.95. The van der Waals surface area contributed by atoms with E-state index < -0.39 is 0 Å². The Bertz CT molecular complexity index is 540. The third kappa shape index (κ3) is 1.87. The normalized spacial score (nSPS) is 9.93. The van der Waals surface area contributed by atoms with Crippen LogP contribution in [0.5, 0.6) is 0 Å². The molecule has 1 heterocycles. The van der Waals surface area contributed by atoms with Crippen molar-refractivity contribution in [1.82, 2.24) is 4.37 Å². The van der Waals surface area contributed by atoms with E-state index in [1.807, 2.05) is 31.2 Å². The third-order valence-electron chi connectivity index (χ3n) is 2.04. The smallest absolute Gasteiger partial charge is 0.161 e. The van der Waals surface area contributed by atoms with Crippen LogP contribution in [0.15, 0.2) is 24.3 Å². The van der Waals surface area contributed by atoms with Gasteiger partial charge in [0.15, 0.2) is 5.15 Å². The van der Waals surface area contributed by atoms with Crippen LogP contribution in [0.1, 0.15) is 11.1 Å². The second-order valence-corrected chi connectivity index (χ2v) is 4.29. The molecule has 0 atom stereocenters. The van der Waals surface area contributed by atoms with E-state index in [9.17, 15) is 0 Å². The lowest BCUT2D eigenvalue weighted by Gasteiger charge is -1.98. The summed E-state index contributed by atoms with van der Waals surface area (Å²) in [6.07, 6.45) is 0. The summed E-state index contributed by atoms with van der Waals surface area (Å²) in [6, 6.07) is 10.0. The number of aromatic nitrogens is 1. The fourth-order valence-corrected chi connectivity index (χ4v) is 2.38. The van der Waals surface area contributed by atoms with Crippen molar-refractivity contribution in [2.45, 2.75) is 6.92 Å². The predicted octanol–water partition coefficient (Wildman–Crippen LogP) is 3.64. The van der Waals surface area contributed by atoms with Crippen LogP contribution < -0.4 is 0 Å². The highest BCUT2D eigenvalue weighted by Crippen LogP contribution is 2.32. The zero-order valence-electron chi connectivity index (χ0n) is 7.99. The predicted molar refractivity (Wildman–Crippen MR) is 62.0 cm³/mol. The summed E-state index contributed by atoms with van der Waals surface area (Å²) in [5.74, 6) is 0. The molecule has 0 bridgehead atoms. The molecule has 0 aliphatic rings. The van der Waals surface area contributed by atoms with Crippen LogP contribution >= 0.6 is 23.1 Å². The van der Waals surface area contributed by atoms with E-state index in [1.54, 1.807) is 0 Å². The molecule has 0 aliphatic heterocycles. The number of hydrogen-bond donors (Lipinski definition) is 0. The topological polar surface area (TPSA) is 36.7 Å². The van der Waals surface area contributed by atoms with Gasteiger partial charge in [-0.1, -0.05) is 41.4 Å². The summed E-state index contributed by atoms with van der Waals surface area (Å²) in [6.45, 7) is 2.01. The summed E-state index contributed by atoms with van der Waals surface area (Å²) in [7, 11) is 0. The van der Waals surface area contributed by atoms with Gasteiger partial charge in [-0.25, -0.2) is 0 Å². The van der Waals surface area contributed by atoms with Crippen LogP contribution in [0.25, 0.3) is 10.4 Å². The lowest BCUT2D eigenvalue weighted by molar-refractivity contribution is 1.46. The number of hydrogen-bond acceptors (Lipinski definition) is 3. The van der Waals surface area contributed by atoms with E-state index in [4.69, 9.17) is 16.9 Å². The van der Waals surface area contributed by atoms with Crippen molar-refractivity contribution in [2.75, 3.05) is 0 Å². The number of benzene rings is 1. The molecule has 4 heteroatoms. The molecule has 0 saturated carbocycles. The van der Waals surface area contributed by atoms with Crippen molar-refractivity contribution in [3.8, 4) is 16.5 Å². The molecule has 2 nitrogen and oxygen atoms in total. The Kier molecular flexibility index (Phi) is 2.72. The molecule has 74 valence electrons. The van der Waals surface area contributed by atoms with E-state index >= 15 is 0 Å². The number of nitriles is 1. The van der Waals surface area contributed by atoms with Gasteiger partial charge >= 0.3 is 0 Å². The molecule has 0 N–H and O–H groups in total. The van der Waals surface area contributed by atoms with Crippen molar-refractivity contribution < 1.29 is 0 Å². The van der Waals surface area contributed by atoms with E-state index in [0.717, 1.165) is 16.0 Å². The molecule has 1 aromatic heterocycles. The van der Waals surface area contributed by atoms with Gasteiger partial charge in [0.1, 0.15) is 11.6 Å². The largest absolute Gasteiger partial charge is 0.192 e. The summed E-state index contributed by atoms with van der Waals surface area (Å²) < 4.78 is 3.98. The summed E-state index contributed by atoms with van der Waals surface area (Å²) in [5.41, 5.74) is 2.61. The lowest BCUT2D eigenvalue weighted by atomic mass is 10.1. The van der Waals surface area contributed by atoms with Crippen LogP contribution in [-0.4, -0.2) is 4.37 Å². The van der Waals surface area contributed by atoms with Gasteiger partial charge in [-0.05, 0) is 24.0 Å². The minimum atomic E-state index is 0.291. The van der Waals surface area contributed by atoms with Gasteiger partial charge in [-0.3, -0.25) is 0 Å². The van der Waals surface area contributed by atoms with Gasteiger partial charge in [0.05, 0.1) is 4.88 Å². The van der Waals surface area contributed by atoms with Crippen molar-refractivity contribution in [3.05, 3.63) is 40.5 Å². The van der Waals surface area contributed by atoms with Gasteiger partial charge in [-0.2, -0.15) is 9.64 Å².